The largest absolute Gasteiger partial charge is 0.504 e. The van der Waals surface area contributed by atoms with Crippen molar-refractivity contribution in [1.29, 1.82) is 0 Å². The second kappa shape index (κ2) is 4.70. The van der Waals surface area contributed by atoms with Gasteiger partial charge in [0.15, 0.2) is 0 Å². The number of ether oxygens (including phenoxy) is 1. The van der Waals surface area contributed by atoms with Gasteiger partial charge in [0.1, 0.15) is 0 Å². The third-order valence-corrected chi connectivity index (χ3v) is 1.92. The maximum atomic E-state index is 4.94. The Balaban J connectivity index is 2.64. The molecule has 0 fully saturated rings. The van der Waals surface area contributed by atoms with Crippen molar-refractivity contribution < 1.29 is 4.74 Å². The Morgan fingerprint density at radius 3 is 2.46 bits per heavy atom. The monoisotopic (exact) mass is 176 g/mol. The standard InChI is InChI=1S/C12H16O/c1-10-4-6-12(7-5-10)8-11(2)9-13-3/h4-7,9H,8H2,1-3H3/b11-9+. The molecule has 0 aliphatic carbocycles. The van der Waals surface area contributed by atoms with E-state index in [1.807, 2.05) is 0 Å². The Kier molecular flexibility index (Phi) is 3.56. The van der Waals surface area contributed by atoms with E-state index in [-0.39, 0.29) is 0 Å². The highest BCUT2D eigenvalue weighted by atomic mass is 16.5. The highest BCUT2D eigenvalue weighted by Crippen LogP contribution is 2.08. The number of rotatable bonds is 3. The van der Waals surface area contributed by atoms with Gasteiger partial charge in [-0.3, -0.25) is 0 Å². The minimum absolute atomic E-state index is 0.966. The SMILES string of the molecule is CO/C=C(\C)Cc1ccc(C)cc1. The number of aryl methyl sites for hydroxylation is 1. The van der Waals surface area contributed by atoms with E-state index in [9.17, 15) is 0 Å². The van der Waals surface area contributed by atoms with Gasteiger partial charge in [-0.1, -0.05) is 29.8 Å². The van der Waals surface area contributed by atoms with Crippen molar-refractivity contribution in [2.75, 3.05) is 7.11 Å². The lowest BCUT2D eigenvalue weighted by Gasteiger charge is -2.01. The summed E-state index contributed by atoms with van der Waals surface area (Å²) in [7, 11) is 1.68. The topological polar surface area (TPSA) is 9.23 Å². The van der Waals surface area contributed by atoms with Crippen molar-refractivity contribution in [3.63, 3.8) is 0 Å². The van der Waals surface area contributed by atoms with Crippen molar-refractivity contribution in [2.45, 2.75) is 20.3 Å². The first-order valence-corrected chi connectivity index (χ1v) is 4.46. The minimum atomic E-state index is 0.966. The molecule has 0 saturated heterocycles. The Labute approximate surface area is 80.0 Å². The maximum Gasteiger partial charge on any atom is 0.0817 e. The van der Waals surface area contributed by atoms with Crippen LogP contribution in [0.3, 0.4) is 0 Å². The number of hydrogen-bond acceptors (Lipinski definition) is 1. The molecule has 1 heteroatoms. The molecule has 0 radical (unpaired) electrons. The van der Waals surface area contributed by atoms with E-state index in [1.54, 1.807) is 13.4 Å². The number of allylic oxidation sites excluding steroid dienone is 1. The molecule has 1 nitrogen and oxygen atoms in total. The molecule has 13 heavy (non-hydrogen) atoms. The fourth-order valence-corrected chi connectivity index (χ4v) is 1.27. The number of benzene rings is 1. The van der Waals surface area contributed by atoms with Crippen molar-refractivity contribution in [1.82, 2.24) is 0 Å². The molecule has 0 atom stereocenters. The van der Waals surface area contributed by atoms with Gasteiger partial charge in [-0.25, -0.2) is 0 Å². The van der Waals surface area contributed by atoms with Crippen LogP contribution in [-0.2, 0) is 11.2 Å². The van der Waals surface area contributed by atoms with Gasteiger partial charge in [0, 0.05) is 0 Å². The first kappa shape index (κ1) is 9.85. The van der Waals surface area contributed by atoms with Crippen LogP contribution in [0.15, 0.2) is 36.1 Å². The molecule has 1 aromatic carbocycles. The lowest BCUT2D eigenvalue weighted by atomic mass is 10.1. The molecule has 0 aromatic heterocycles. The van der Waals surface area contributed by atoms with Crippen LogP contribution in [0.2, 0.25) is 0 Å². The van der Waals surface area contributed by atoms with Crippen LogP contribution in [0, 0.1) is 6.92 Å². The molecule has 0 saturated carbocycles. The second-order valence-electron chi connectivity index (χ2n) is 3.36. The van der Waals surface area contributed by atoms with Crippen molar-refractivity contribution >= 4 is 0 Å². The van der Waals surface area contributed by atoms with Gasteiger partial charge in [-0.15, -0.1) is 0 Å². The summed E-state index contributed by atoms with van der Waals surface area (Å²) in [5.41, 5.74) is 3.87. The number of methoxy groups -OCH3 is 1. The zero-order chi connectivity index (χ0) is 9.68. The molecule has 0 amide bonds. The summed E-state index contributed by atoms with van der Waals surface area (Å²) >= 11 is 0. The van der Waals surface area contributed by atoms with Crippen LogP contribution in [0.1, 0.15) is 18.1 Å². The third-order valence-electron chi connectivity index (χ3n) is 1.92. The molecule has 0 N–H and O–H groups in total. The average molecular weight is 176 g/mol. The lowest BCUT2D eigenvalue weighted by molar-refractivity contribution is 0.333. The Bertz CT molecular complexity index is 282. The summed E-state index contributed by atoms with van der Waals surface area (Å²) in [5.74, 6) is 0. The Morgan fingerprint density at radius 2 is 1.92 bits per heavy atom. The highest BCUT2D eigenvalue weighted by molar-refractivity contribution is 5.24. The Hall–Kier alpha value is -1.24. The van der Waals surface area contributed by atoms with Crippen LogP contribution >= 0.6 is 0 Å². The van der Waals surface area contributed by atoms with E-state index < -0.39 is 0 Å². The van der Waals surface area contributed by atoms with E-state index >= 15 is 0 Å². The lowest BCUT2D eigenvalue weighted by Crippen LogP contribution is -1.87. The van der Waals surface area contributed by atoms with Gasteiger partial charge in [0.05, 0.1) is 13.4 Å². The predicted molar refractivity (Wildman–Crippen MR) is 55.6 cm³/mol. The van der Waals surface area contributed by atoms with Crippen LogP contribution in [0.25, 0.3) is 0 Å². The molecule has 0 aliphatic rings. The molecule has 1 rings (SSSR count). The maximum absolute atomic E-state index is 4.94. The number of hydrogen-bond donors (Lipinski definition) is 0. The van der Waals surface area contributed by atoms with Crippen LogP contribution in [-0.4, -0.2) is 7.11 Å². The van der Waals surface area contributed by atoms with Crippen LogP contribution < -0.4 is 0 Å². The van der Waals surface area contributed by atoms with E-state index in [4.69, 9.17) is 4.74 Å². The smallest absolute Gasteiger partial charge is 0.0817 e. The molecule has 0 bridgehead atoms. The first-order chi connectivity index (χ1) is 6.22. The molecule has 0 aliphatic heterocycles. The molecule has 0 unspecified atom stereocenters. The quantitative estimate of drug-likeness (QED) is 0.643. The fourth-order valence-electron chi connectivity index (χ4n) is 1.27. The summed E-state index contributed by atoms with van der Waals surface area (Å²) in [6.07, 6.45) is 2.76. The van der Waals surface area contributed by atoms with Crippen molar-refractivity contribution in [3.8, 4) is 0 Å². The van der Waals surface area contributed by atoms with E-state index in [0.29, 0.717) is 0 Å². The second-order valence-corrected chi connectivity index (χ2v) is 3.36. The summed E-state index contributed by atoms with van der Waals surface area (Å²) < 4.78 is 4.94. The van der Waals surface area contributed by atoms with Gasteiger partial charge in [-0.05, 0) is 31.4 Å². The van der Waals surface area contributed by atoms with Crippen LogP contribution in [0.4, 0.5) is 0 Å². The molecule has 1 aromatic rings. The average Bonchev–Trinajstić information content (AvgIpc) is 2.09. The van der Waals surface area contributed by atoms with Gasteiger partial charge in [-0.2, -0.15) is 0 Å². The summed E-state index contributed by atoms with van der Waals surface area (Å²) in [6.45, 7) is 4.17. The highest BCUT2D eigenvalue weighted by Gasteiger charge is 1.94. The van der Waals surface area contributed by atoms with E-state index in [0.717, 1.165) is 6.42 Å². The van der Waals surface area contributed by atoms with Crippen LogP contribution in [0.5, 0.6) is 0 Å². The summed E-state index contributed by atoms with van der Waals surface area (Å²) in [5, 5.41) is 0. The minimum Gasteiger partial charge on any atom is -0.504 e. The van der Waals surface area contributed by atoms with Crippen molar-refractivity contribution in [3.05, 3.63) is 47.2 Å². The molecular formula is C12H16O. The van der Waals surface area contributed by atoms with Gasteiger partial charge in [0.2, 0.25) is 0 Å². The van der Waals surface area contributed by atoms with Gasteiger partial charge in [0.25, 0.3) is 0 Å². The first-order valence-electron chi connectivity index (χ1n) is 4.46. The van der Waals surface area contributed by atoms with Gasteiger partial charge >= 0.3 is 0 Å². The molecule has 0 heterocycles. The van der Waals surface area contributed by atoms with Crippen molar-refractivity contribution in [2.24, 2.45) is 0 Å². The van der Waals surface area contributed by atoms with E-state index in [2.05, 4.69) is 38.1 Å². The normalized spacial score (nSPS) is 11.5. The molecule has 70 valence electrons. The predicted octanol–water partition coefficient (Wildman–Crippen LogP) is 3.09. The fraction of sp³-hybridized carbons (Fsp3) is 0.333. The zero-order valence-electron chi connectivity index (χ0n) is 8.50. The third kappa shape index (κ3) is 3.32. The molecule has 0 spiro atoms. The Morgan fingerprint density at radius 1 is 1.31 bits per heavy atom. The summed E-state index contributed by atoms with van der Waals surface area (Å²) in [4.78, 5) is 0. The van der Waals surface area contributed by atoms with E-state index in [1.165, 1.54) is 16.7 Å². The summed E-state index contributed by atoms with van der Waals surface area (Å²) in [6, 6.07) is 8.58. The molecular weight excluding hydrogens is 160 g/mol. The van der Waals surface area contributed by atoms with Gasteiger partial charge < -0.3 is 4.74 Å². The zero-order valence-corrected chi connectivity index (χ0v) is 8.50.